The Bertz CT molecular complexity index is 702. The molecule has 2 rings (SSSR count). The zero-order chi connectivity index (χ0) is 18.2. The van der Waals surface area contributed by atoms with Crippen LogP contribution in [0.25, 0.3) is 0 Å². The Morgan fingerprint density at radius 1 is 1.00 bits per heavy atom. The van der Waals surface area contributed by atoms with Crippen molar-refractivity contribution >= 4 is 5.91 Å². The predicted octanol–water partition coefficient (Wildman–Crippen LogP) is 2.92. The van der Waals surface area contributed by atoms with E-state index in [4.69, 9.17) is 14.2 Å². The van der Waals surface area contributed by atoms with Crippen molar-refractivity contribution in [3.63, 3.8) is 0 Å². The summed E-state index contributed by atoms with van der Waals surface area (Å²) in [7, 11) is 4.81. The highest BCUT2D eigenvalue weighted by Crippen LogP contribution is 2.34. The van der Waals surface area contributed by atoms with Gasteiger partial charge in [0.1, 0.15) is 17.2 Å². The number of benzene rings is 2. The quantitative estimate of drug-likeness (QED) is 0.801. The van der Waals surface area contributed by atoms with E-state index in [1.54, 1.807) is 21.3 Å². The Hall–Kier alpha value is -2.69. The van der Waals surface area contributed by atoms with Crippen LogP contribution in [-0.2, 0) is 17.6 Å². The largest absolute Gasteiger partial charge is 0.496 e. The first-order chi connectivity index (χ1) is 12.1. The lowest BCUT2D eigenvalue weighted by Gasteiger charge is -2.15. The molecule has 2 aromatic carbocycles. The van der Waals surface area contributed by atoms with Crippen LogP contribution < -0.4 is 19.5 Å². The first-order valence-electron chi connectivity index (χ1n) is 8.18. The Kier molecular flexibility index (Phi) is 6.69. The number of nitrogens with one attached hydrogen (secondary N) is 1. The summed E-state index contributed by atoms with van der Waals surface area (Å²) in [5.74, 6) is 2.03. The van der Waals surface area contributed by atoms with Gasteiger partial charge in [0.05, 0.1) is 27.8 Å². The number of rotatable bonds is 8. The molecular formula is C20H25NO4. The van der Waals surface area contributed by atoms with Crippen molar-refractivity contribution < 1.29 is 19.0 Å². The highest BCUT2D eigenvalue weighted by atomic mass is 16.5. The van der Waals surface area contributed by atoms with Gasteiger partial charge < -0.3 is 19.5 Å². The predicted molar refractivity (Wildman–Crippen MR) is 97.7 cm³/mol. The molecule has 5 heteroatoms. The molecule has 5 nitrogen and oxygen atoms in total. The monoisotopic (exact) mass is 343 g/mol. The van der Waals surface area contributed by atoms with Crippen LogP contribution in [0, 0.1) is 6.92 Å². The van der Waals surface area contributed by atoms with Gasteiger partial charge in [-0.1, -0.05) is 29.8 Å². The smallest absolute Gasteiger partial charge is 0.224 e. The molecular weight excluding hydrogens is 318 g/mol. The Labute approximate surface area is 148 Å². The van der Waals surface area contributed by atoms with Crippen LogP contribution in [0.3, 0.4) is 0 Å². The van der Waals surface area contributed by atoms with Crippen LogP contribution in [0.4, 0.5) is 0 Å². The Morgan fingerprint density at radius 3 is 2.24 bits per heavy atom. The number of hydrogen-bond donors (Lipinski definition) is 1. The van der Waals surface area contributed by atoms with Crippen molar-refractivity contribution in [1.29, 1.82) is 0 Å². The lowest BCUT2D eigenvalue weighted by atomic mass is 10.1. The molecule has 0 aliphatic rings. The van der Waals surface area contributed by atoms with E-state index >= 15 is 0 Å². The summed E-state index contributed by atoms with van der Waals surface area (Å²) >= 11 is 0. The summed E-state index contributed by atoms with van der Waals surface area (Å²) in [6.45, 7) is 2.52. The Balaban J connectivity index is 1.98. The van der Waals surface area contributed by atoms with Crippen LogP contribution in [0.2, 0.25) is 0 Å². The Morgan fingerprint density at radius 2 is 1.68 bits per heavy atom. The molecule has 134 valence electrons. The molecule has 2 aromatic rings. The van der Waals surface area contributed by atoms with Gasteiger partial charge >= 0.3 is 0 Å². The van der Waals surface area contributed by atoms with Crippen molar-refractivity contribution in [2.75, 3.05) is 27.9 Å². The second kappa shape index (κ2) is 8.97. The van der Waals surface area contributed by atoms with Gasteiger partial charge in [-0.25, -0.2) is 0 Å². The second-order valence-electron chi connectivity index (χ2n) is 5.78. The van der Waals surface area contributed by atoms with Gasteiger partial charge in [0.15, 0.2) is 0 Å². The van der Waals surface area contributed by atoms with E-state index in [9.17, 15) is 4.79 Å². The minimum Gasteiger partial charge on any atom is -0.496 e. The molecule has 0 saturated heterocycles. The fraction of sp³-hybridized carbons (Fsp3) is 0.350. The number of hydrogen-bond acceptors (Lipinski definition) is 4. The molecule has 0 saturated carbocycles. The van der Waals surface area contributed by atoms with E-state index in [1.165, 1.54) is 0 Å². The summed E-state index contributed by atoms with van der Waals surface area (Å²) in [5.41, 5.74) is 3.07. The maximum absolute atomic E-state index is 12.1. The fourth-order valence-corrected chi connectivity index (χ4v) is 2.72. The maximum atomic E-state index is 12.1. The van der Waals surface area contributed by atoms with E-state index in [-0.39, 0.29) is 5.91 Å². The first-order valence-corrected chi connectivity index (χ1v) is 8.18. The van der Waals surface area contributed by atoms with Crippen LogP contribution in [-0.4, -0.2) is 33.8 Å². The zero-order valence-electron chi connectivity index (χ0n) is 15.2. The third-order valence-corrected chi connectivity index (χ3v) is 3.96. The molecule has 0 bridgehead atoms. The molecule has 0 unspecified atom stereocenters. The highest BCUT2D eigenvalue weighted by Gasteiger charge is 2.13. The van der Waals surface area contributed by atoms with Gasteiger partial charge in [-0.15, -0.1) is 0 Å². The number of carbonyl (C=O) groups excluding carboxylic acids is 1. The van der Waals surface area contributed by atoms with Gasteiger partial charge in [-0.05, 0) is 18.9 Å². The number of aryl methyl sites for hydroxylation is 1. The highest BCUT2D eigenvalue weighted by molar-refractivity contribution is 5.78. The molecule has 0 aromatic heterocycles. The van der Waals surface area contributed by atoms with Gasteiger partial charge in [0.2, 0.25) is 5.91 Å². The number of carbonyl (C=O) groups is 1. The van der Waals surface area contributed by atoms with Crippen molar-refractivity contribution in [2.45, 2.75) is 19.8 Å². The summed E-state index contributed by atoms with van der Waals surface area (Å²) in [6.07, 6.45) is 0.981. The van der Waals surface area contributed by atoms with E-state index in [2.05, 4.69) is 5.32 Å². The summed E-state index contributed by atoms with van der Waals surface area (Å²) in [6, 6.07) is 11.6. The van der Waals surface area contributed by atoms with Crippen molar-refractivity contribution in [3.8, 4) is 17.2 Å². The molecule has 0 radical (unpaired) electrons. The van der Waals surface area contributed by atoms with Gasteiger partial charge in [0.25, 0.3) is 0 Å². The first kappa shape index (κ1) is 18.6. The maximum Gasteiger partial charge on any atom is 0.224 e. The van der Waals surface area contributed by atoms with E-state index in [0.717, 1.165) is 16.7 Å². The van der Waals surface area contributed by atoms with Crippen LogP contribution >= 0.6 is 0 Å². The number of methoxy groups -OCH3 is 3. The number of amides is 1. The molecule has 25 heavy (non-hydrogen) atoms. The minimum absolute atomic E-state index is 0.00274. The van der Waals surface area contributed by atoms with Gasteiger partial charge in [-0.2, -0.15) is 0 Å². The van der Waals surface area contributed by atoms with E-state index < -0.39 is 0 Å². The molecule has 1 amide bonds. The molecule has 0 heterocycles. The molecule has 0 aliphatic heterocycles. The van der Waals surface area contributed by atoms with Gasteiger partial charge in [0, 0.05) is 24.2 Å². The fourth-order valence-electron chi connectivity index (χ4n) is 2.72. The normalized spacial score (nSPS) is 10.2. The third kappa shape index (κ3) is 5.14. The molecule has 0 aliphatic carbocycles. The summed E-state index contributed by atoms with van der Waals surface area (Å²) in [4.78, 5) is 12.1. The third-order valence-electron chi connectivity index (χ3n) is 3.96. The van der Waals surface area contributed by atoms with E-state index in [1.807, 2.05) is 43.3 Å². The van der Waals surface area contributed by atoms with Crippen molar-refractivity contribution in [1.82, 2.24) is 5.32 Å². The van der Waals surface area contributed by atoms with E-state index in [0.29, 0.717) is 36.6 Å². The molecule has 0 spiro atoms. The molecule has 0 atom stereocenters. The zero-order valence-corrected chi connectivity index (χ0v) is 15.2. The summed E-state index contributed by atoms with van der Waals surface area (Å²) in [5, 5.41) is 2.95. The lowest BCUT2D eigenvalue weighted by Crippen LogP contribution is -2.27. The van der Waals surface area contributed by atoms with Crippen molar-refractivity contribution in [3.05, 3.63) is 53.1 Å². The number of ether oxygens (including phenoxy) is 3. The topological polar surface area (TPSA) is 56.8 Å². The van der Waals surface area contributed by atoms with Crippen LogP contribution in [0.15, 0.2) is 36.4 Å². The molecule has 1 N–H and O–H groups in total. The van der Waals surface area contributed by atoms with Gasteiger partial charge in [-0.3, -0.25) is 4.79 Å². The SMILES string of the molecule is COc1cc(OC)c(CCNC(=O)Cc2cccc(C)c2)c(OC)c1. The van der Waals surface area contributed by atoms with Crippen molar-refractivity contribution in [2.24, 2.45) is 0 Å². The second-order valence-corrected chi connectivity index (χ2v) is 5.78. The standard InChI is InChI=1S/C20H25NO4/c1-14-6-5-7-15(10-14)11-20(22)21-9-8-17-18(24-3)12-16(23-2)13-19(17)25-4/h5-7,10,12-13H,8-9,11H2,1-4H3,(H,21,22). The summed E-state index contributed by atoms with van der Waals surface area (Å²) < 4.78 is 16.1. The van der Waals surface area contributed by atoms with Crippen LogP contribution in [0.1, 0.15) is 16.7 Å². The average Bonchev–Trinajstić information content (AvgIpc) is 2.61. The minimum atomic E-state index is -0.00274. The van der Waals surface area contributed by atoms with Crippen LogP contribution in [0.5, 0.6) is 17.2 Å². The average molecular weight is 343 g/mol. The lowest BCUT2D eigenvalue weighted by molar-refractivity contribution is -0.120. The molecule has 0 fully saturated rings.